The maximum Gasteiger partial charge on any atom is 0.224 e. The van der Waals surface area contributed by atoms with Gasteiger partial charge in [-0.25, -0.2) is 8.78 Å². The van der Waals surface area contributed by atoms with Crippen molar-refractivity contribution >= 4 is 11.6 Å². The van der Waals surface area contributed by atoms with Gasteiger partial charge in [-0.1, -0.05) is 6.07 Å². The van der Waals surface area contributed by atoms with Crippen LogP contribution in [0.2, 0.25) is 0 Å². The fourth-order valence-corrected chi connectivity index (χ4v) is 1.41. The number of aryl methyl sites for hydroxylation is 1. The number of anilines is 1. The van der Waals surface area contributed by atoms with Gasteiger partial charge in [0.15, 0.2) is 5.82 Å². The molecule has 5 heteroatoms. The maximum absolute atomic E-state index is 13.6. The van der Waals surface area contributed by atoms with Crippen LogP contribution in [0.25, 0.3) is 0 Å². The predicted molar refractivity (Wildman–Crippen MR) is 67.2 cm³/mol. The molecule has 1 aromatic carbocycles. The zero-order chi connectivity index (χ0) is 13.9. The summed E-state index contributed by atoms with van der Waals surface area (Å²) in [5, 5.41) is 2.25. The van der Waals surface area contributed by atoms with E-state index in [4.69, 9.17) is 5.73 Å². The van der Waals surface area contributed by atoms with Gasteiger partial charge in [0, 0.05) is 12.0 Å². The van der Waals surface area contributed by atoms with Gasteiger partial charge in [0.25, 0.3) is 0 Å². The van der Waals surface area contributed by atoms with E-state index in [-0.39, 0.29) is 12.0 Å². The molecule has 1 amide bonds. The number of rotatable bonds is 4. The Morgan fingerprint density at radius 3 is 2.56 bits per heavy atom. The Balaban J connectivity index is 2.74. The lowest BCUT2D eigenvalue weighted by Gasteiger charge is -2.17. The lowest BCUT2D eigenvalue weighted by atomic mass is 10.00. The van der Waals surface area contributed by atoms with E-state index in [0.717, 1.165) is 6.07 Å². The number of nitrogens with one attached hydrogen (secondary N) is 1. The number of hydrogen-bond acceptors (Lipinski definition) is 2. The first kappa shape index (κ1) is 14.6. The van der Waals surface area contributed by atoms with Crippen molar-refractivity contribution in [3.63, 3.8) is 0 Å². The number of nitrogens with two attached hydrogens (primary N) is 1. The van der Waals surface area contributed by atoms with Gasteiger partial charge in [0.2, 0.25) is 5.91 Å². The Morgan fingerprint density at radius 1 is 1.39 bits per heavy atom. The van der Waals surface area contributed by atoms with Crippen LogP contribution in [0.4, 0.5) is 14.5 Å². The topological polar surface area (TPSA) is 55.1 Å². The van der Waals surface area contributed by atoms with Crippen molar-refractivity contribution < 1.29 is 13.6 Å². The average molecular weight is 256 g/mol. The van der Waals surface area contributed by atoms with Crippen molar-refractivity contribution in [3.8, 4) is 0 Å². The molecule has 0 saturated heterocycles. The number of hydrogen-bond donors (Lipinski definition) is 2. The molecule has 0 heterocycles. The molecule has 0 unspecified atom stereocenters. The van der Waals surface area contributed by atoms with Gasteiger partial charge in [0.05, 0.1) is 0 Å². The van der Waals surface area contributed by atoms with E-state index >= 15 is 0 Å². The number of carbonyl (C=O) groups excluding carboxylic acids is 1. The summed E-state index contributed by atoms with van der Waals surface area (Å²) in [4.78, 5) is 11.6. The number of halogens is 2. The van der Waals surface area contributed by atoms with E-state index in [2.05, 4.69) is 5.32 Å². The van der Waals surface area contributed by atoms with Crippen molar-refractivity contribution in [1.82, 2.24) is 0 Å². The summed E-state index contributed by atoms with van der Waals surface area (Å²) in [7, 11) is 0. The molecule has 0 radical (unpaired) electrons. The lowest BCUT2D eigenvalue weighted by molar-refractivity contribution is -0.116. The molecular formula is C13H18F2N2O. The van der Waals surface area contributed by atoms with Crippen molar-refractivity contribution in [2.45, 2.75) is 39.2 Å². The largest absolute Gasteiger partial charge is 0.326 e. The first-order chi connectivity index (χ1) is 8.20. The Kier molecular flexibility index (Phi) is 4.40. The highest BCUT2D eigenvalue weighted by atomic mass is 19.1. The third-order valence-corrected chi connectivity index (χ3v) is 2.55. The Bertz CT molecular complexity index is 453. The van der Waals surface area contributed by atoms with E-state index in [0.29, 0.717) is 6.42 Å². The minimum Gasteiger partial charge on any atom is -0.326 e. The van der Waals surface area contributed by atoms with Crippen molar-refractivity contribution in [1.29, 1.82) is 0 Å². The van der Waals surface area contributed by atoms with Gasteiger partial charge < -0.3 is 11.1 Å². The molecule has 0 aliphatic carbocycles. The monoisotopic (exact) mass is 256 g/mol. The summed E-state index contributed by atoms with van der Waals surface area (Å²) in [5.41, 5.74) is 5.14. The molecule has 1 rings (SSSR count). The quantitative estimate of drug-likeness (QED) is 0.870. The lowest BCUT2D eigenvalue weighted by Crippen LogP contribution is -2.33. The number of carbonyl (C=O) groups is 1. The molecule has 1 aromatic rings. The number of benzene rings is 1. The Morgan fingerprint density at radius 2 is 2.00 bits per heavy atom. The molecule has 0 saturated carbocycles. The minimum atomic E-state index is -0.779. The molecule has 3 nitrogen and oxygen atoms in total. The molecular weight excluding hydrogens is 238 g/mol. The van der Waals surface area contributed by atoms with E-state index < -0.39 is 28.8 Å². The third-order valence-electron chi connectivity index (χ3n) is 2.55. The standard InChI is InChI=1S/C13H18F2N2O/c1-8-4-5-9(14)12(11(8)15)17-10(18)6-7-13(2,3)16/h4-5H,6-7,16H2,1-3H3,(H,17,18). The second kappa shape index (κ2) is 5.44. The third kappa shape index (κ3) is 4.07. The van der Waals surface area contributed by atoms with Crippen LogP contribution in [0.3, 0.4) is 0 Å². The Labute approximate surface area is 105 Å². The molecule has 0 aliphatic rings. The molecule has 0 aliphatic heterocycles. The van der Waals surface area contributed by atoms with Crippen molar-refractivity contribution in [3.05, 3.63) is 29.3 Å². The van der Waals surface area contributed by atoms with Crippen LogP contribution in [-0.4, -0.2) is 11.4 Å². The molecule has 3 N–H and O–H groups in total. The molecule has 0 bridgehead atoms. The fraction of sp³-hybridized carbons (Fsp3) is 0.462. The van der Waals surface area contributed by atoms with Gasteiger partial charge in [0.1, 0.15) is 11.5 Å². The first-order valence-corrected chi connectivity index (χ1v) is 5.74. The van der Waals surface area contributed by atoms with Crippen LogP contribution in [0.15, 0.2) is 12.1 Å². The zero-order valence-electron chi connectivity index (χ0n) is 10.8. The van der Waals surface area contributed by atoms with E-state index in [1.165, 1.54) is 13.0 Å². The van der Waals surface area contributed by atoms with Crippen LogP contribution in [0, 0.1) is 18.6 Å². The zero-order valence-corrected chi connectivity index (χ0v) is 10.8. The first-order valence-electron chi connectivity index (χ1n) is 5.74. The molecule has 0 atom stereocenters. The molecule has 0 spiro atoms. The van der Waals surface area contributed by atoms with Gasteiger partial charge in [-0.05, 0) is 38.8 Å². The highest BCUT2D eigenvalue weighted by molar-refractivity contribution is 5.91. The van der Waals surface area contributed by atoms with Crippen LogP contribution < -0.4 is 11.1 Å². The van der Waals surface area contributed by atoms with E-state index in [1.807, 2.05) is 0 Å². The van der Waals surface area contributed by atoms with Crippen LogP contribution in [-0.2, 0) is 4.79 Å². The highest BCUT2D eigenvalue weighted by Gasteiger charge is 2.17. The molecule has 0 fully saturated rings. The summed E-state index contributed by atoms with van der Waals surface area (Å²) in [5.74, 6) is -1.97. The summed E-state index contributed by atoms with van der Waals surface area (Å²) in [6.45, 7) is 5.08. The van der Waals surface area contributed by atoms with Crippen LogP contribution in [0.1, 0.15) is 32.3 Å². The normalized spacial score (nSPS) is 11.4. The van der Waals surface area contributed by atoms with Gasteiger partial charge in [-0.2, -0.15) is 0 Å². The molecule has 0 aromatic heterocycles. The second-order valence-corrected chi connectivity index (χ2v) is 5.09. The molecule has 100 valence electrons. The van der Waals surface area contributed by atoms with Crippen LogP contribution in [0.5, 0.6) is 0 Å². The SMILES string of the molecule is Cc1ccc(F)c(NC(=O)CCC(C)(C)N)c1F. The second-order valence-electron chi connectivity index (χ2n) is 5.09. The minimum absolute atomic E-state index is 0.121. The Hall–Kier alpha value is -1.49. The smallest absolute Gasteiger partial charge is 0.224 e. The average Bonchev–Trinajstić information content (AvgIpc) is 2.26. The summed E-state index contributed by atoms with van der Waals surface area (Å²) in [6, 6.07) is 2.45. The van der Waals surface area contributed by atoms with Crippen molar-refractivity contribution in [2.75, 3.05) is 5.32 Å². The molecule has 18 heavy (non-hydrogen) atoms. The summed E-state index contributed by atoms with van der Waals surface area (Å²) >= 11 is 0. The summed E-state index contributed by atoms with van der Waals surface area (Å²) < 4.78 is 27.0. The van der Waals surface area contributed by atoms with Crippen molar-refractivity contribution in [2.24, 2.45) is 5.73 Å². The van der Waals surface area contributed by atoms with E-state index in [9.17, 15) is 13.6 Å². The van der Waals surface area contributed by atoms with Crippen LogP contribution >= 0.6 is 0 Å². The highest BCUT2D eigenvalue weighted by Crippen LogP contribution is 2.22. The van der Waals surface area contributed by atoms with Gasteiger partial charge in [-0.15, -0.1) is 0 Å². The number of amides is 1. The van der Waals surface area contributed by atoms with Gasteiger partial charge >= 0.3 is 0 Å². The summed E-state index contributed by atoms with van der Waals surface area (Å²) in [6.07, 6.45) is 0.560. The maximum atomic E-state index is 13.6. The predicted octanol–water partition coefficient (Wildman–Crippen LogP) is 2.73. The van der Waals surface area contributed by atoms with Gasteiger partial charge in [-0.3, -0.25) is 4.79 Å². The fourth-order valence-electron chi connectivity index (χ4n) is 1.41. The van der Waals surface area contributed by atoms with E-state index in [1.54, 1.807) is 13.8 Å².